The molecule has 1 N–H and O–H groups in total. The Kier molecular flexibility index (Phi) is 5.03. The summed E-state index contributed by atoms with van der Waals surface area (Å²) in [5, 5.41) is 11.1. The number of halogens is 3. The zero-order valence-corrected chi connectivity index (χ0v) is 12.9. The van der Waals surface area contributed by atoms with Gasteiger partial charge in [0, 0.05) is 12.4 Å². The van der Waals surface area contributed by atoms with Crippen LogP contribution in [-0.4, -0.2) is 36.2 Å². The van der Waals surface area contributed by atoms with Gasteiger partial charge >= 0.3 is 6.09 Å². The molecule has 0 aliphatic heterocycles. The topological polar surface area (TPSA) is 81.9 Å². The number of hydrogen-bond donors (Lipinski definition) is 1. The lowest BCUT2D eigenvalue weighted by Gasteiger charge is -2.10. The summed E-state index contributed by atoms with van der Waals surface area (Å²) >= 11 is 17.6. The molecule has 0 atom stereocenters. The van der Waals surface area contributed by atoms with Gasteiger partial charge in [0.25, 0.3) is 0 Å². The summed E-state index contributed by atoms with van der Waals surface area (Å²) in [4.78, 5) is 15.3. The van der Waals surface area contributed by atoms with Crippen LogP contribution in [0.2, 0.25) is 0 Å². The quantitative estimate of drug-likeness (QED) is 0.852. The van der Waals surface area contributed by atoms with Gasteiger partial charge in [-0.15, -0.1) is 10.2 Å². The molecule has 0 saturated carbocycles. The molecule has 20 heavy (non-hydrogen) atoms. The molecule has 0 unspecified atom stereocenters. The Bertz CT molecular complexity index is 568. The Morgan fingerprint density at radius 1 is 1.45 bits per heavy atom. The summed E-state index contributed by atoms with van der Waals surface area (Å²) in [5.41, 5.74) is 0. The van der Waals surface area contributed by atoms with E-state index in [1.165, 1.54) is 11.3 Å². The van der Waals surface area contributed by atoms with E-state index in [1.807, 2.05) is 4.57 Å². The molecule has 2 aromatic heterocycles. The number of nitrogens with one attached hydrogen (secondary N) is 1. The minimum atomic E-state index is -1.65. The molecule has 0 aliphatic rings. The van der Waals surface area contributed by atoms with Crippen LogP contribution in [0.1, 0.15) is 5.01 Å². The molecule has 0 aromatic carbocycles. The average molecular weight is 357 g/mol. The lowest BCUT2D eigenvalue weighted by molar-refractivity contribution is 0.164. The second kappa shape index (κ2) is 6.57. The van der Waals surface area contributed by atoms with E-state index in [-0.39, 0.29) is 6.61 Å². The summed E-state index contributed by atoms with van der Waals surface area (Å²) in [6.07, 6.45) is 4.35. The van der Waals surface area contributed by atoms with Crippen molar-refractivity contribution in [3.8, 4) is 0 Å². The number of rotatable bonds is 4. The molecule has 7 nitrogen and oxygen atoms in total. The molecule has 0 bridgehead atoms. The molecular formula is C9H8Cl3N5O2S. The maximum atomic E-state index is 11.4. The molecule has 0 fully saturated rings. The maximum absolute atomic E-state index is 11.4. The van der Waals surface area contributed by atoms with Gasteiger partial charge in [0.05, 0.1) is 12.9 Å². The van der Waals surface area contributed by atoms with Crippen LogP contribution in [0.5, 0.6) is 0 Å². The van der Waals surface area contributed by atoms with Crippen LogP contribution in [0.25, 0.3) is 0 Å². The number of carbonyl (C=O) groups excluding carboxylic acids is 1. The number of alkyl halides is 3. The fraction of sp³-hybridized carbons (Fsp3) is 0.333. The Balaban J connectivity index is 1.85. The van der Waals surface area contributed by atoms with Gasteiger partial charge in [-0.3, -0.25) is 5.32 Å². The highest BCUT2D eigenvalue weighted by atomic mass is 35.6. The molecule has 0 saturated heterocycles. The Morgan fingerprint density at radius 3 is 2.90 bits per heavy atom. The Labute approximate surface area is 132 Å². The first kappa shape index (κ1) is 15.3. The van der Waals surface area contributed by atoms with Crippen LogP contribution in [0.3, 0.4) is 0 Å². The molecule has 108 valence electrons. The number of anilines is 1. The molecular weight excluding hydrogens is 349 g/mol. The fourth-order valence-electron chi connectivity index (χ4n) is 1.18. The first-order valence-corrected chi connectivity index (χ1v) is 7.16. The molecule has 2 heterocycles. The third kappa shape index (κ3) is 5.12. The Morgan fingerprint density at radius 2 is 2.25 bits per heavy atom. The van der Waals surface area contributed by atoms with E-state index in [2.05, 4.69) is 20.5 Å². The monoisotopic (exact) mass is 355 g/mol. The Hall–Kier alpha value is -1.09. The van der Waals surface area contributed by atoms with Crippen LogP contribution in [-0.2, 0) is 11.3 Å². The van der Waals surface area contributed by atoms with Crippen LogP contribution in [0, 0.1) is 0 Å². The van der Waals surface area contributed by atoms with Gasteiger partial charge in [-0.05, 0) is 0 Å². The minimum Gasteiger partial charge on any atom is -0.445 e. The van der Waals surface area contributed by atoms with Gasteiger partial charge in [-0.2, -0.15) is 0 Å². The van der Waals surface area contributed by atoms with Gasteiger partial charge in [-0.25, -0.2) is 9.78 Å². The number of ether oxygens (including phenoxy) is 1. The summed E-state index contributed by atoms with van der Waals surface area (Å²) in [6.45, 7) is 0.159. The minimum absolute atomic E-state index is 0.300. The van der Waals surface area contributed by atoms with Crippen molar-refractivity contribution in [2.45, 2.75) is 10.3 Å². The van der Waals surface area contributed by atoms with Crippen molar-refractivity contribution in [1.29, 1.82) is 0 Å². The second-order valence-corrected chi connectivity index (χ2v) is 7.13. The van der Waals surface area contributed by atoms with Gasteiger partial charge in [0.2, 0.25) is 8.92 Å². The maximum Gasteiger partial charge on any atom is 0.413 e. The van der Waals surface area contributed by atoms with E-state index in [1.54, 1.807) is 18.7 Å². The molecule has 1 amide bonds. The number of nitrogens with zero attached hydrogens (tertiary/aromatic N) is 4. The van der Waals surface area contributed by atoms with Crippen molar-refractivity contribution < 1.29 is 9.53 Å². The van der Waals surface area contributed by atoms with Crippen molar-refractivity contribution in [1.82, 2.24) is 19.7 Å². The van der Waals surface area contributed by atoms with Gasteiger partial charge in [-0.1, -0.05) is 46.1 Å². The highest BCUT2D eigenvalue weighted by Crippen LogP contribution is 2.26. The van der Waals surface area contributed by atoms with E-state index in [9.17, 15) is 4.79 Å². The van der Waals surface area contributed by atoms with Gasteiger partial charge < -0.3 is 9.30 Å². The smallest absolute Gasteiger partial charge is 0.413 e. The van der Waals surface area contributed by atoms with Crippen molar-refractivity contribution in [2.24, 2.45) is 0 Å². The standard InChI is InChI=1S/C9H8Cl3N5O2S/c10-9(11,12)4-19-8(18)14-7-16-15-6(20-7)3-17-2-1-13-5-17/h1-2,5H,3-4H2,(H,14,16,18). The number of carbonyl (C=O) groups is 1. The van der Waals surface area contributed by atoms with Crippen molar-refractivity contribution in [3.05, 3.63) is 23.7 Å². The average Bonchev–Trinajstić information content (AvgIpc) is 2.99. The first-order chi connectivity index (χ1) is 9.42. The molecule has 11 heteroatoms. The number of amides is 1. The van der Waals surface area contributed by atoms with Gasteiger partial charge in [0.15, 0.2) is 0 Å². The van der Waals surface area contributed by atoms with Gasteiger partial charge in [0.1, 0.15) is 11.6 Å². The van der Waals surface area contributed by atoms with E-state index in [4.69, 9.17) is 39.5 Å². The SMILES string of the molecule is O=C(Nc1nnc(Cn2ccnc2)s1)OCC(Cl)(Cl)Cl. The second-order valence-electron chi connectivity index (χ2n) is 3.55. The van der Waals surface area contributed by atoms with Crippen molar-refractivity contribution in [2.75, 3.05) is 11.9 Å². The lowest BCUT2D eigenvalue weighted by Crippen LogP contribution is -2.21. The summed E-state index contributed by atoms with van der Waals surface area (Å²) in [7, 11) is 0. The zero-order valence-electron chi connectivity index (χ0n) is 9.79. The number of hydrogen-bond acceptors (Lipinski definition) is 6. The van der Waals surface area contributed by atoms with E-state index >= 15 is 0 Å². The highest BCUT2D eigenvalue weighted by Gasteiger charge is 2.22. The number of imidazole rings is 1. The first-order valence-electron chi connectivity index (χ1n) is 5.21. The van der Waals surface area contributed by atoms with Crippen LogP contribution in [0.4, 0.5) is 9.93 Å². The van der Waals surface area contributed by atoms with E-state index in [0.29, 0.717) is 16.7 Å². The zero-order chi connectivity index (χ0) is 14.6. The fourth-order valence-corrected chi connectivity index (χ4v) is 2.07. The molecule has 0 spiro atoms. The lowest BCUT2D eigenvalue weighted by atomic mass is 10.6. The predicted octanol–water partition coefficient (Wildman–Crippen LogP) is 2.70. The molecule has 2 aromatic rings. The van der Waals surface area contributed by atoms with E-state index < -0.39 is 9.89 Å². The third-order valence-corrected chi connectivity index (χ3v) is 3.07. The normalized spacial score (nSPS) is 11.3. The van der Waals surface area contributed by atoms with Crippen molar-refractivity contribution >= 4 is 57.4 Å². The molecule has 0 aliphatic carbocycles. The summed E-state index contributed by atoms with van der Waals surface area (Å²) in [6, 6.07) is 0. The van der Waals surface area contributed by atoms with E-state index in [0.717, 1.165) is 0 Å². The van der Waals surface area contributed by atoms with Crippen LogP contribution < -0.4 is 5.32 Å². The summed E-state index contributed by atoms with van der Waals surface area (Å²) in [5.74, 6) is 0. The largest absolute Gasteiger partial charge is 0.445 e. The highest BCUT2D eigenvalue weighted by molar-refractivity contribution is 7.15. The predicted molar refractivity (Wildman–Crippen MR) is 76.5 cm³/mol. The summed E-state index contributed by atoms with van der Waals surface area (Å²) < 4.78 is 4.88. The molecule has 0 radical (unpaired) electrons. The number of aromatic nitrogens is 4. The van der Waals surface area contributed by atoms with Crippen LogP contribution >= 0.6 is 46.1 Å². The third-order valence-electron chi connectivity index (χ3n) is 1.92. The van der Waals surface area contributed by atoms with Crippen molar-refractivity contribution in [3.63, 3.8) is 0 Å². The molecule has 2 rings (SSSR count). The van der Waals surface area contributed by atoms with Crippen LogP contribution in [0.15, 0.2) is 18.7 Å².